The van der Waals surface area contributed by atoms with E-state index >= 15 is 0 Å². The summed E-state index contributed by atoms with van der Waals surface area (Å²) < 4.78 is 10.9. The molecular formula is C27H36N4O4. The molecule has 2 amide bonds. The van der Waals surface area contributed by atoms with Crippen molar-refractivity contribution in [3.63, 3.8) is 0 Å². The number of para-hydroxylation sites is 2. The number of fused-ring (bicyclic) bond motifs is 1. The summed E-state index contributed by atoms with van der Waals surface area (Å²) >= 11 is 0. The minimum atomic E-state index is -0.508. The molecule has 2 aromatic carbocycles. The summed E-state index contributed by atoms with van der Waals surface area (Å²) in [5.41, 5.74) is 2.12. The molecule has 35 heavy (non-hydrogen) atoms. The summed E-state index contributed by atoms with van der Waals surface area (Å²) in [5.74, 6) is 0.260. The van der Waals surface area contributed by atoms with Crippen LogP contribution in [0.2, 0.25) is 0 Å². The molecular weight excluding hydrogens is 444 g/mol. The van der Waals surface area contributed by atoms with Crippen LogP contribution in [0.4, 0.5) is 21.0 Å². The fourth-order valence-electron chi connectivity index (χ4n) is 4.76. The maximum atomic E-state index is 12.5. The quantitative estimate of drug-likeness (QED) is 0.527. The van der Waals surface area contributed by atoms with Gasteiger partial charge < -0.3 is 30.3 Å². The van der Waals surface area contributed by atoms with Crippen molar-refractivity contribution in [1.82, 2.24) is 10.2 Å². The van der Waals surface area contributed by atoms with E-state index in [1.165, 1.54) is 0 Å². The van der Waals surface area contributed by atoms with E-state index in [1.54, 1.807) is 4.90 Å². The molecule has 0 spiro atoms. The normalized spacial score (nSPS) is 17.1. The topological polar surface area (TPSA) is 91.9 Å². The highest BCUT2D eigenvalue weighted by molar-refractivity contribution is 5.76. The Kier molecular flexibility index (Phi) is 7.38. The summed E-state index contributed by atoms with van der Waals surface area (Å²) in [6.45, 7) is 7.61. The summed E-state index contributed by atoms with van der Waals surface area (Å²) in [7, 11) is 0. The first kappa shape index (κ1) is 24.7. The van der Waals surface area contributed by atoms with Gasteiger partial charge in [0.1, 0.15) is 17.9 Å². The summed E-state index contributed by atoms with van der Waals surface area (Å²) in [6, 6.07) is 17.8. The van der Waals surface area contributed by atoms with Crippen LogP contribution < -0.4 is 16.0 Å². The number of benzene rings is 2. The number of ether oxygens (including phenoxy) is 2. The molecule has 0 aliphatic carbocycles. The van der Waals surface area contributed by atoms with E-state index in [0.29, 0.717) is 26.1 Å². The van der Waals surface area contributed by atoms with Gasteiger partial charge in [0.2, 0.25) is 0 Å². The van der Waals surface area contributed by atoms with Gasteiger partial charge in [-0.3, -0.25) is 0 Å². The van der Waals surface area contributed by atoms with Gasteiger partial charge in [-0.1, -0.05) is 42.5 Å². The van der Waals surface area contributed by atoms with Gasteiger partial charge in [0.05, 0.1) is 11.4 Å². The Morgan fingerprint density at radius 2 is 1.60 bits per heavy atom. The van der Waals surface area contributed by atoms with Gasteiger partial charge in [0, 0.05) is 32.0 Å². The zero-order valence-electron chi connectivity index (χ0n) is 20.8. The number of amides is 2. The SMILES string of the molecule is CC(C)(C)OC(=O)N1CCC(C2(CCNC(=O)OCc3ccccc3)Nc3ccccc3N2)CC1. The second-order valence-corrected chi connectivity index (χ2v) is 10.2. The Hall–Kier alpha value is -3.42. The monoisotopic (exact) mass is 480 g/mol. The predicted molar refractivity (Wildman–Crippen MR) is 136 cm³/mol. The Balaban J connectivity index is 1.35. The van der Waals surface area contributed by atoms with E-state index < -0.39 is 17.4 Å². The lowest BCUT2D eigenvalue weighted by molar-refractivity contribution is 0.0159. The van der Waals surface area contributed by atoms with Crippen LogP contribution in [-0.4, -0.2) is 48.0 Å². The Morgan fingerprint density at radius 1 is 1.00 bits per heavy atom. The molecule has 0 aromatic heterocycles. The van der Waals surface area contributed by atoms with Crippen molar-refractivity contribution in [2.75, 3.05) is 30.3 Å². The number of nitrogens with one attached hydrogen (secondary N) is 3. The third-order valence-corrected chi connectivity index (χ3v) is 6.49. The maximum Gasteiger partial charge on any atom is 0.410 e. The second kappa shape index (κ2) is 10.5. The minimum absolute atomic E-state index is 0.239. The molecule has 1 fully saturated rings. The standard InChI is InChI=1S/C27H36N4O4/c1-26(2,3)35-25(33)31-17-13-21(14-18-31)27(29-22-11-7-8-12-23(22)30-27)15-16-28-24(32)34-19-20-9-5-4-6-10-20/h4-12,21,29-30H,13-19H2,1-3H3,(H,28,32). The van der Waals surface area contributed by atoms with E-state index in [-0.39, 0.29) is 18.6 Å². The summed E-state index contributed by atoms with van der Waals surface area (Å²) in [4.78, 5) is 26.6. The Bertz CT molecular complexity index is 988. The molecule has 2 aliphatic rings. The summed E-state index contributed by atoms with van der Waals surface area (Å²) in [5, 5.41) is 10.3. The molecule has 8 heteroatoms. The molecule has 2 aromatic rings. The lowest BCUT2D eigenvalue weighted by Gasteiger charge is -2.43. The number of nitrogens with zero attached hydrogens (tertiary/aromatic N) is 1. The molecule has 1 saturated heterocycles. The van der Waals surface area contributed by atoms with Gasteiger partial charge >= 0.3 is 12.2 Å². The van der Waals surface area contributed by atoms with Crippen LogP contribution in [-0.2, 0) is 16.1 Å². The van der Waals surface area contributed by atoms with E-state index in [0.717, 1.165) is 29.8 Å². The minimum Gasteiger partial charge on any atom is -0.445 e. The predicted octanol–water partition coefficient (Wildman–Crippen LogP) is 5.18. The molecule has 0 atom stereocenters. The van der Waals surface area contributed by atoms with Crippen LogP contribution in [0.5, 0.6) is 0 Å². The highest BCUT2D eigenvalue weighted by atomic mass is 16.6. The molecule has 2 heterocycles. The van der Waals surface area contributed by atoms with Crippen LogP contribution in [0.25, 0.3) is 0 Å². The van der Waals surface area contributed by atoms with Gasteiger partial charge in [-0.2, -0.15) is 0 Å². The van der Waals surface area contributed by atoms with E-state index in [2.05, 4.69) is 28.1 Å². The Labute approximate surface area is 207 Å². The van der Waals surface area contributed by atoms with Crippen LogP contribution in [0.15, 0.2) is 54.6 Å². The number of anilines is 2. The number of piperidine rings is 1. The average Bonchev–Trinajstić information content (AvgIpc) is 3.22. The average molecular weight is 481 g/mol. The van der Waals surface area contributed by atoms with Gasteiger partial charge in [0.15, 0.2) is 0 Å². The van der Waals surface area contributed by atoms with Crippen LogP contribution in [0.3, 0.4) is 0 Å². The number of hydrogen-bond donors (Lipinski definition) is 3. The molecule has 8 nitrogen and oxygen atoms in total. The van der Waals surface area contributed by atoms with Gasteiger partial charge in [-0.05, 0) is 51.3 Å². The van der Waals surface area contributed by atoms with Gasteiger partial charge in [-0.15, -0.1) is 0 Å². The molecule has 2 aliphatic heterocycles. The number of alkyl carbamates (subject to hydrolysis) is 1. The van der Waals surface area contributed by atoms with Crippen molar-refractivity contribution in [2.45, 2.75) is 57.9 Å². The largest absolute Gasteiger partial charge is 0.445 e. The van der Waals surface area contributed by atoms with E-state index in [9.17, 15) is 9.59 Å². The fourth-order valence-corrected chi connectivity index (χ4v) is 4.76. The first-order valence-electron chi connectivity index (χ1n) is 12.3. The lowest BCUT2D eigenvalue weighted by Crippen LogP contribution is -2.55. The molecule has 0 radical (unpaired) electrons. The summed E-state index contributed by atoms with van der Waals surface area (Å²) in [6.07, 6.45) is 1.62. The zero-order chi connectivity index (χ0) is 24.9. The molecule has 0 unspecified atom stereocenters. The third kappa shape index (κ3) is 6.38. The van der Waals surface area contributed by atoms with Crippen molar-refractivity contribution in [1.29, 1.82) is 0 Å². The number of carbonyl (C=O) groups excluding carboxylic acids is 2. The number of likely N-dealkylation sites (tertiary alicyclic amines) is 1. The van der Waals surface area contributed by atoms with Crippen molar-refractivity contribution in [3.8, 4) is 0 Å². The second-order valence-electron chi connectivity index (χ2n) is 10.2. The lowest BCUT2D eigenvalue weighted by atomic mass is 9.82. The van der Waals surface area contributed by atoms with E-state index in [1.807, 2.05) is 63.2 Å². The first-order chi connectivity index (χ1) is 16.7. The third-order valence-electron chi connectivity index (χ3n) is 6.49. The molecule has 4 rings (SSSR count). The zero-order valence-corrected chi connectivity index (χ0v) is 20.8. The highest BCUT2D eigenvalue weighted by Crippen LogP contribution is 2.42. The van der Waals surface area contributed by atoms with Gasteiger partial charge in [-0.25, -0.2) is 9.59 Å². The van der Waals surface area contributed by atoms with Crippen LogP contribution >= 0.6 is 0 Å². The molecule has 0 saturated carbocycles. The van der Waals surface area contributed by atoms with Crippen molar-refractivity contribution in [3.05, 3.63) is 60.2 Å². The molecule has 0 bridgehead atoms. The van der Waals surface area contributed by atoms with Crippen LogP contribution in [0, 0.1) is 5.92 Å². The first-order valence-corrected chi connectivity index (χ1v) is 12.3. The van der Waals surface area contributed by atoms with Crippen LogP contribution in [0.1, 0.15) is 45.6 Å². The smallest absolute Gasteiger partial charge is 0.410 e. The number of hydrogen-bond acceptors (Lipinski definition) is 6. The van der Waals surface area contributed by atoms with E-state index in [4.69, 9.17) is 9.47 Å². The maximum absolute atomic E-state index is 12.5. The highest BCUT2D eigenvalue weighted by Gasteiger charge is 2.44. The Morgan fingerprint density at radius 3 is 2.20 bits per heavy atom. The fraction of sp³-hybridized carbons (Fsp3) is 0.481. The number of rotatable bonds is 6. The van der Waals surface area contributed by atoms with Crippen molar-refractivity contribution < 1.29 is 19.1 Å². The van der Waals surface area contributed by atoms with Gasteiger partial charge in [0.25, 0.3) is 0 Å². The van der Waals surface area contributed by atoms with Crippen molar-refractivity contribution in [2.24, 2.45) is 5.92 Å². The molecule has 3 N–H and O–H groups in total. The van der Waals surface area contributed by atoms with Crippen molar-refractivity contribution >= 4 is 23.6 Å². The molecule has 188 valence electrons. The number of carbonyl (C=O) groups is 2.